The zero-order valence-corrected chi connectivity index (χ0v) is 27.2. The van der Waals surface area contributed by atoms with Crippen LogP contribution < -0.4 is 4.90 Å². The van der Waals surface area contributed by atoms with Gasteiger partial charge in [-0.2, -0.15) is 0 Å². The molecule has 1 aromatic rings. The van der Waals surface area contributed by atoms with Crippen molar-refractivity contribution in [1.82, 2.24) is 0 Å². The van der Waals surface area contributed by atoms with Crippen LogP contribution in [0, 0.1) is 40.4 Å². The lowest BCUT2D eigenvalue weighted by molar-refractivity contribution is -0.167. The van der Waals surface area contributed by atoms with Crippen LogP contribution in [0.25, 0.3) is 0 Å². The average molecular weight is 623 g/mol. The molecule has 0 aromatic heterocycles. The fourth-order valence-electron chi connectivity index (χ4n) is 9.56. The Labute approximate surface area is 259 Å². The van der Waals surface area contributed by atoms with Gasteiger partial charge in [0.05, 0.1) is 0 Å². The molecule has 0 radical (unpaired) electrons. The number of benzene rings is 1. The standard InChI is InChI=1S/C33H45Cl2NO4S/c1-20(37)31-29(41-25-8-6-23(7-9-25)36(15-13-34)16-14-35)18-28-26-10-5-22-17-24(40-21(2)38)11-12-32(22,3)27(26)19-30(39)33(28,31)4/h6-9,22,24,26-29,31H,5,10-19H2,1-4H3/t22-,24-,26+,27-,28-,29-,31-,32-,33+/m0/s1. The van der Waals surface area contributed by atoms with Gasteiger partial charge in [0.2, 0.25) is 0 Å². The number of alkyl halides is 2. The third-order valence-electron chi connectivity index (χ3n) is 11.5. The number of Topliss-reactive ketones (excluding diaryl/α,β-unsaturated/α-hetero) is 2. The fraction of sp³-hybridized carbons (Fsp3) is 0.727. The predicted molar refractivity (Wildman–Crippen MR) is 167 cm³/mol. The molecule has 0 N–H and O–H groups in total. The minimum atomic E-state index is -0.597. The summed E-state index contributed by atoms with van der Waals surface area (Å²) in [7, 11) is 0. The molecule has 0 unspecified atom stereocenters. The van der Waals surface area contributed by atoms with Gasteiger partial charge in [0.25, 0.3) is 0 Å². The van der Waals surface area contributed by atoms with Crippen LogP contribution in [0.15, 0.2) is 29.2 Å². The van der Waals surface area contributed by atoms with E-state index in [1.54, 1.807) is 18.7 Å². The maximum Gasteiger partial charge on any atom is 0.302 e. The number of fused-ring (bicyclic) bond motifs is 5. The van der Waals surface area contributed by atoms with E-state index in [9.17, 15) is 14.4 Å². The third-order valence-corrected chi connectivity index (χ3v) is 13.1. The van der Waals surface area contributed by atoms with E-state index in [0.717, 1.165) is 62.2 Å². The number of anilines is 1. The molecule has 0 heterocycles. The second-order valence-corrected chi connectivity index (χ2v) is 15.5. The maximum absolute atomic E-state index is 14.2. The number of hydrogen-bond acceptors (Lipinski definition) is 6. The van der Waals surface area contributed by atoms with Gasteiger partial charge in [-0.3, -0.25) is 14.4 Å². The summed E-state index contributed by atoms with van der Waals surface area (Å²) in [4.78, 5) is 42.4. The van der Waals surface area contributed by atoms with Gasteiger partial charge in [-0.05, 0) is 98.8 Å². The number of ether oxygens (including phenoxy) is 1. The molecule has 1 aromatic carbocycles. The monoisotopic (exact) mass is 621 g/mol. The summed E-state index contributed by atoms with van der Waals surface area (Å²) >= 11 is 13.8. The highest BCUT2D eigenvalue weighted by molar-refractivity contribution is 8.00. The Balaban J connectivity index is 1.37. The highest BCUT2D eigenvalue weighted by Gasteiger charge is 2.66. The van der Waals surface area contributed by atoms with Gasteiger partial charge in [-0.15, -0.1) is 35.0 Å². The zero-order valence-electron chi connectivity index (χ0n) is 24.9. The number of hydrogen-bond donors (Lipinski definition) is 0. The van der Waals surface area contributed by atoms with Crippen molar-refractivity contribution >= 4 is 58.2 Å². The Hall–Kier alpha value is -1.24. The predicted octanol–water partition coefficient (Wildman–Crippen LogP) is 7.40. The molecule has 0 bridgehead atoms. The number of thioether (sulfide) groups is 1. The van der Waals surface area contributed by atoms with Gasteiger partial charge in [0.15, 0.2) is 0 Å². The molecule has 9 atom stereocenters. The first-order valence-electron chi connectivity index (χ1n) is 15.4. The third kappa shape index (κ3) is 5.71. The van der Waals surface area contributed by atoms with Gasteiger partial charge < -0.3 is 9.64 Å². The van der Waals surface area contributed by atoms with E-state index in [2.05, 4.69) is 43.0 Å². The van der Waals surface area contributed by atoms with E-state index in [1.165, 1.54) is 6.92 Å². The van der Waals surface area contributed by atoms with Crippen LogP contribution in [0.5, 0.6) is 0 Å². The average Bonchev–Trinajstić information content (AvgIpc) is 3.23. The van der Waals surface area contributed by atoms with E-state index in [0.29, 0.717) is 41.7 Å². The molecule has 41 heavy (non-hydrogen) atoms. The van der Waals surface area contributed by atoms with Gasteiger partial charge in [0.1, 0.15) is 17.7 Å². The number of halogens is 2. The second-order valence-electron chi connectivity index (χ2n) is 13.4. The quantitative estimate of drug-likeness (QED) is 0.211. The van der Waals surface area contributed by atoms with Crippen LogP contribution in [0.3, 0.4) is 0 Å². The van der Waals surface area contributed by atoms with Crippen molar-refractivity contribution in [2.24, 2.45) is 40.4 Å². The van der Waals surface area contributed by atoms with Crippen molar-refractivity contribution in [1.29, 1.82) is 0 Å². The van der Waals surface area contributed by atoms with Crippen molar-refractivity contribution in [2.45, 2.75) is 88.9 Å². The summed E-state index contributed by atoms with van der Waals surface area (Å²) in [6.07, 6.45) is 6.48. The minimum absolute atomic E-state index is 0.00405. The molecule has 0 spiro atoms. The fourth-order valence-corrected chi connectivity index (χ4v) is 11.5. The Morgan fingerprint density at radius 3 is 2.29 bits per heavy atom. The Kier molecular flexibility index (Phi) is 9.43. The number of esters is 1. The molecule has 5 nitrogen and oxygen atoms in total. The Morgan fingerprint density at radius 1 is 1.00 bits per heavy atom. The normalized spacial score (nSPS) is 38.0. The summed E-state index contributed by atoms with van der Waals surface area (Å²) in [6.45, 7) is 9.19. The molecule has 4 aliphatic rings. The van der Waals surface area contributed by atoms with Crippen LogP contribution >= 0.6 is 35.0 Å². The number of nitrogens with zero attached hydrogens (tertiary/aromatic N) is 1. The summed E-state index contributed by atoms with van der Waals surface area (Å²) in [5, 5.41) is 0.0862. The zero-order chi connectivity index (χ0) is 29.5. The van der Waals surface area contributed by atoms with E-state index in [4.69, 9.17) is 27.9 Å². The van der Waals surface area contributed by atoms with Gasteiger partial charge >= 0.3 is 5.97 Å². The highest BCUT2D eigenvalue weighted by atomic mass is 35.5. The molecule has 0 aliphatic heterocycles. The summed E-state index contributed by atoms with van der Waals surface area (Å²) in [5.41, 5.74) is 0.582. The molecule has 4 fully saturated rings. The molecule has 4 aliphatic carbocycles. The molecular weight excluding hydrogens is 577 g/mol. The molecule has 0 saturated heterocycles. The molecule has 0 amide bonds. The van der Waals surface area contributed by atoms with Gasteiger partial charge in [-0.25, -0.2) is 0 Å². The van der Waals surface area contributed by atoms with E-state index < -0.39 is 5.41 Å². The van der Waals surface area contributed by atoms with Crippen LogP contribution in [0.1, 0.15) is 72.6 Å². The van der Waals surface area contributed by atoms with E-state index in [1.807, 2.05) is 0 Å². The van der Waals surface area contributed by atoms with Crippen molar-refractivity contribution in [3.63, 3.8) is 0 Å². The van der Waals surface area contributed by atoms with Crippen molar-refractivity contribution in [3.8, 4) is 0 Å². The second kappa shape index (κ2) is 12.4. The molecule has 226 valence electrons. The minimum Gasteiger partial charge on any atom is -0.463 e. The first-order valence-corrected chi connectivity index (χ1v) is 17.3. The number of rotatable bonds is 9. The van der Waals surface area contributed by atoms with E-state index >= 15 is 0 Å². The Morgan fingerprint density at radius 2 is 1.68 bits per heavy atom. The van der Waals surface area contributed by atoms with Crippen LogP contribution in [0.4, 0.5) is 5.69 Å². The van der Waals surface area contributed by atoms with Crippen LogP contribution in [-0.4, -0.2) is 53.7 Å². The summed E-state index contributed by atoms with van der Waals surface area (Å²) in [6, 6.07) is 8.50. The topological polar surface area (TPSA) is 63.7 Å². The Bertz CT molecular complexity index is 1140. The number of ketones is 2. The highest BCUT2D eigenvalue weighted by Crippen LogP contribution is 2.68. The van der Waals surface area contributed by atoms with Crippen molar-refractivity contribution < 1.29 is 19.1 Å². The lowest BCUT2D eigenvalue weighted by atomic mass is 9.44. The first kappa shape index (κ1) is 31.2. The number of carbonyl (C=O) groups is 3. The summed E-state index contributed by atoms with van der Waals surface area (Å²) < 4.78 is 5.62. The van der Waals surface area contributed by atoms with Crippen LogP contribution in [0.2, 0.25) is 0 Å². The molecule has 5 rings (SSSR count). The molecule has 4 saturated carbocycles. The lowest BCUT2D eigenvalue weighted by Crippen LogP contribution is -2.57. The van der Waals surface area contributed by atoms with Crippen molar-refractivity contribution in [3.05, 3.63) is 24.3 Å². The van der Waals surface area contributed by atoms with Crippen molar-refractivity contribution in [2.75, 3.05) is 29.7 Å². The van der Waals surface area contributed by atoms with E-state index in [-0.39, 0.29) is 40.4 Å². The first-order chi connectivity index (χ1) is 19.5. The molecular formula is C33H45Cl2NO4S. The van der Waals surface area contributed by atoms with Crippen LogP contribution in [-0.2, 0) is 19.1 Å². The number of carbonyl (C=O) groups excluding carboxylic acids is 3. The largest absolute Gasteiger partial charge is 0.463 e. The smallest absolute Gasteiger partial charge is 0.302 e. The SMILES string of the molecule is CC(=O)O[C@H]1CC[C@@]2(C)[C@@H](CC[C@@H]3[C@@H]2CC(=O)[C@@]2(C)[C@H]3C[C@H](Sc3ccc(N(CCCl)CCCl)cc3)[C@@H]2C(C)=O)C1. The van der Waals surface area contributed by atoms with Gasteiger partial charge in [-0.1, -0.05) is 13.8 Å². The lowest BCUT2D eigenvalue weighted by Gasteiger charge is -2.60. The molecule has 8 heteroatoms. The van der Waals surface area contributed by atoms with Gasteiger partial charge in [0, 0.05) is 65.4 Å². The maximum atomic E-state index is 14.2. The summed E-state index contributed by atoms with van der Waals surface area (Å²) in [5.74, 6) is 2.57.